The zero-order chi connectivity index (χ0) is 66.7. The quantitative estimate of drug-likeness (QED) is 0.144. The molecule has 102 heavy (non-hydrogen) atoms. The van der Waals surface area contributed by atoms with Crippen molar-refractivity contribution >= 4 is 160 Å². The second kappa shape index (κ2) is 22.5. The van der Waals surface area contributed by atoms with E-state index in [-0.39, 0.29) is 0 Å². The van der Waals surface area contributed by atoms with Crippen LogP contribution in [0.4, 0.5) is 0 Å². The van der Waals surface area contributed by atoms with Gasteiger partial charge in [-0.05, 0) is 191 Å². The number of hydrogen-bond acceptors (Lipinski definition) is 5. The minimum Gasteiger partial charge on any atom is -0.309 e. The summed E-state index contributed by atoms with van der Waals surface area (Å²) in [5.74, 6) is 0. The van der Waals surface area contributed by atoms with Crippen LogP contribution in [0.25, 0.3) is 210 Å². The highest BCUT2D eigenvalue weighted by Crippen LogP contribution is 2.46. The largest absolute Gasteiger partial charge is 0.309 e. The van der Waals surface area contributed by atoms with Crippen molar-refractivity contribution in [2.45, 2.75) is 0 Å². The van der Waals surface area contributed by atoms with Crippen LogP contribution in [0.2, 0.25) is 0 Å². The molecule has 5 nitrogen and oxygen atoms in total. The predicted molar refractivity (Wildman–Crippen MR) is 436 cm³/mol. The summed E-state index contributed by atoms with van der Waals surface area (Å²) in [5.41, 5.74) is 22.7. The fraction of sp³-hybridized carbons (Fsp3) is 0. The Labute approximate surface area is 597 Å². The molecule has 0 saturated heterocycles. The van der Waals surface area contributed by atoms with Crippen molar-refractivity contribution in [2.24, 2.45) is 0 Å². The smallest absolute Gasteiger partial charge is 0.101 e. The number of aromatic nitrogens is 5. The first-order valence-electron chi connectivity index (χ1n) is 34.6. The van der Waals surface area contributed by atoms with Gasteiger partial charge in [0, 0.05) is 127 Å². The van der Waals surface area contributed by atoms with Gasteiger partial charge in [-0.2, -0.15) is 0 Å². The molecule has 15 aromatic carbocycles. The van der Waals surface area contributed by atoms with E-state index in [0.717, 1.165) is 83.8 Å². The van der Waals surface area contributed by atoms with Gasteiger partial charge in [0.05, 0.1) is 38.8 Å². The molecule has 0 aliphatic carbocycles. The molecule has 0 aliphatic heterocycles. The molecular formula is C94H55N5S3. The van der Waals surface area contributed by atoms with Crippen molar-refractivity contribution < 1.29 is 0 Å². The summed E-state index contributed by atoms with van der Waals surface area (Å²) in [4.78, 5) is 0. The lowest BCUT2D eigenvalue weighted by Crippen LogP contribution is -2.00. The fourth-order valence-electron chi connectivity index (χ4n) is 16.4. The first-order valence-corrected chi connectivity index (χ1v) is 37.0. The van der Waals surface area contributed by atoms with E-state index >= 15 is 0 Å². The normalized spacial score (nSPS) is 12.1. The lowest BCUT2D eigenvalue weighted by molar-refractivity contribution is 1.04. The molecule has 0 bridgehead atoms. The Morgan fingerprint density at radius 3 is 0.902 bits per heavy atom. The summed E-state index contributed by atoms with van der Waals surface area (Å²) in [5, 5.41) is 25.7. The van der Waals surface area contributed by atoms with E-state index < -0.39 is 0 Å². The second-order valence-corrected chi connectivity index (χ2v) is 30.1. The third kappa shape index (κ3) is 8.93. The fourth-order valence-corrected chi connectivity index (χ4v) is 19.6. The molecule has 0 N–H and O–H groups in total. The highest BCUT2D eigenvalue weighted by atomic mass is 32.1. The highest BCUT2D eigenvalue weighted by molar-refractivity contribution is 7.26. The molecule has 0 fully saturated rings. The molecule has 22 rings (SSSR count). The van der Waals surface area contributed by atoms with Gasteiger partial charge in [0.25, 0.3) is 0 Å². The molecule has 7 aromatic heterocycles. The Kier molecular flexibility index (Phi) is 12.6. The average molecular weight is 1350 g/mol. The van der Waals surface area contributed by atoms with Gasteiger partial charge in [0.15, 0.2) is 0 Å². The highest BCUT2D eigenvalue weighted by Gasteiger charge is 2.22. The average Bonchev–Trinajstić information content (AvgIpc) is 1.61. The van der Waals surface area contributed by atoms with E-state index in [2.05, 4.69) is 347 Å². The van der Waals surface area contributed by atoms with Gasteiger partial charge in [-0.15, -0.1) is 44.2 Å². The maximum atomic E-state index is 5.39. The molecular weight excluding hydrogens is 1300 g/mol. The Morgan fingerprint density at radius 2 is 0.490 bits per heavy atom. The number of nitrogens with zero attached hydrogens (tertiary/aromatic N) is 5. The van der Waals surface area contributed by atoms with Gasteiger partial charge in [-0.25, -0.2) is 0 Å². The predicted octanol–water partition coefficient (Wildman–Crippen LogP) is 26.9. The first kappa shape index (κ1) is 57.4. The van der Waals surface area contributed by atoms with Gasteiger partial charge in [-0.3, -0.25) is 0 Å². The summed E-state index contributed by atoms with van der Waals surface area (Å²) in [6.45, 7) is 0. The van der Waals surface area contributed by atoms with Gasteiger partial charge in [0.2, 0.25) is 0 Å². The third-order valence-electron chi connectivity index (χ3n) is 21.1. The number of hydrogen-bond donors (Lipinski definition) is 0. The monoisotopic (exact) mass is 1350 g/mol. The molecule has 7 heterocycles. The van der Waals surface area contributed by atoms with Crippen molar-refractivity contribution in [3.05, 3.63) is 334 Å². The van der Waals surface area contributed by atoms with Crippen LogP contribution < -0.4 is 0 Å². The van der Waals surface area contributed by atoms with Crippen LogP contribution in [0.3, 0.4) is 0 Å². The van der Waals surface area contributed by atoms with Crippen molar-refractivity contribution in [3.8, 4) is 84.1 Å². The minimum atomic E-state index is 0.777. The Hall–Kier alpha value is -12.6. The lowest BCUT2D eigenvalue weighted by Gasteiger charge is -2.15. The van der Waals surface area contributed by atoms with Crippen LogP contribution in [0, 0.1) is 0 Å². The SMILES string of the molecule is c1cc(-c2cc(-c3cccc(-n4c5ccccc5c5cc(-c6ccc7sc8ccccc8c7c6)ccc54)c3)c(-c3cccc(-n4c5ccccc5c5cc(-c6ccc7sc8ccccc8c7c6)ccc54)c3)nn2)cc(-n2c3ccccc3c3cc(-c4ccc5sc6ccccc6c5c4)ccc32)c1. The van der Waals surface area contributed by atoms with E-state index in [4.69, 9.17) is 10.2 Å². The topological polar surface area (TPSA) is 40.6 Å². The maximum absolute atomic E-state index is 5.39. The van der Waals surface area contributed by atoms with E-state index in [9.17, 15) is 0 Å². The molecule has 0 amide bonds. The number of thiophene rings is 3. The molecule has 474 valence electrons. The summed E-state index contributed by atoms with van der Waals surface area (Å²) < 4.78 is 15.1. The molecule has 22 aromatic rings. The summed E-state index contributed by atoms with van der Waals surface area (Å²) in [6, 6.07) is 123. The molecule has 0 atom stereocenters. The summed E-state index contributed by atoms with van der Waals surface area (Å²) >= 11 is 5.57. The molecule has 0 spiro atoms. The van der Waals surface area contributed by atoms with Crippen molar-refractivity contribution in [2.75, 3.05) is 0 Å². The van der Waals surface area contributed by atoms with E-state index in [1.807, 2.05) is 34.0 Å². The van der Waals surface area contributed by atoms with E-state index in [0.29, 0.717) is 0 Å². The number of fused-ring (bicyclic) bond motifs is 18. The molecule has 0 saturated carbocycles. The Balaban J connectivity index is 0.688. The van der Waals surface area contributed by atoms with Gasteiger partial charge >= 0.3 is 0 Å². The van der Waals surface area contributed by atoms with Crippen LogP contribution in [-0.4, -0.2) is 23.9 Å². The Bertz CT molecular complexity index is 7290. The van der Waals surface area contributed by atoms with Crippen LogP contribution >= 0.6 is 34.0 Å². The van der Waals surface area contributed by atoms with Gasteiger partial charge in [-0.1, -0.05) is 182 Å². The van der Waals surface area contributed by atoms with Crippen molar-refractivity contribution in [3.63, 3.8) is 0 Å². The minimum absolute atomic E-state index is 0.777. The van der Waals surface area contributed by atoms with E-state index in [1.54, 1.807) is 0 Å². The zero-order valence-electron chi connectivity index (χ0n) is 54.7. The second-order valence-electron chi connectivity index (χ2n) is 26.8. The Morgan fingerprint density at radius 1 is 0.186 bits per heavy atom. The number of rotatable bonds is 9. The van der Waals surface area contributed by atoms with Crippen LogP contribution in [0.15, 0.2) is 334 Å². The first-order chi connectivity index (χ1) is 50.5. The maximum Gasteiger partial charge on any atom is 0.101 e. The summed E-state index contributed by atoms with van der Waals surface area (Å²) in [7, 11) is 0. The van der Waals surface area contributed by atoms with Crippen molar-refractivity contribution in [1.82, 2.24) is 23.9 Å². The van der Waals surface area contributed by atoms with Gasteiger partial charge in [0.1, 0.15) is 5.69 Å². The van der Waals surface area contributed by atoms with Crippen molar-refractivity contribution in [1.29, 1.82) is 0 Å². The molecule has 0 aliphatic rings. The third-order valence-corrected chi connectivity index (χ3v) is 24.6. The summed E-state index contributed by atoms with van der Waals surface area (Å²) in [6.07, 6.45) is 0. The lowest BCUT2D eigenvalue weighted by atomic mass is 9.97. The molecule has 8 heteroatoms. The number of benzene rings is 15. The van der Waals surface area contributed by atoms with Crippen LogP contribution in [-0.2, 0) is 0 Å². The zero-order valence-corrected chi connectivity index (χ0v) is 57.2. The van der Waals surface area contributed by atoms with Crippen LogP contribution in [0.5, 0.6) is 0 Å². The molecule has 0 unspecified atom stereocenters. The van der Waals surface area contributed by atoms with Crippen LogP contribution in [0.1, 0.15) is 0 Å². The molecule has 0 radical (unpaired) electrons. The van der Waals surface area contributed by atoms with Gasteiger partial charge < -0.3 is 13.7 Å². The van der Waals surface area contributed by atoms with E-state index in [1.165, 1.54) is 126 Å². The standard InChI is InChI=1S/C94H55N5S3/c1-7-28-82-68(22-1)75-49-56(59-37-43-91-78(52-59)71-25-4-10-31-88(71)100-91)34-40-85(75)97(82)65-19-13-16-62(46-65)74-55-81(63-17-14-20-66(47-63)98-83-29-8-2-23-69(83)76-50-57(35-41-86(76)98)60-38-44-92-79(53-60)72-26-5-11-32-89(72)101-92)95-96-94(74)64-18-15-21-67(48-64)99-84-30-9-3-24-70(84)77-51-58(36-42-87(77)99)61-39-45-93-80(54-61)73-27-6-12-33-90(73)102-93/h1-55H. The number of para-hydroxylation sites is 3.